The van der Waals surface area contributed by atoms with Crippen LogP contribution in [-0.2, 0) is 0 Å². The highest BCUT2D eigenvalue weighted by atomic mass is 79.9. The number of benzene rings is 1. The predicted octanol–water partition coefficient (Wildman–Crippen LogP) is 3.16. The third-order valence-corrected chi connectivity index (χ3v) is 2.35. The number of rotatable bonds is 0. The number of ether oxygens (including phenoxy) is 1. The molecular weight excluding hydrogens is 216 g/mol. The molecule has 1 heterocycles. The Morgan fingerprint density at radius 2 is 2.25 bits per heavy atom. The van der Waals surface area contributed by atoms with Crippen molar-refractivity contribution in [3.8, 4) is 5.75 Å². The molecule has 0 aromatic heterocycles. The van der Waals surface area contributed by atoms with Crippen molar-refractivity contribution in [1.82, 2.24) is 0 Å². The minimum Gasteiger partial charge on any atom is -0.489 e. The number of hydrogen-bond acceptors (Lipinski definition) is 1. The highest BCUT2D eigenvalue weighted by Gasteiger charge is 2.08. The normalized spacial score (nSPS) is 13.8. The van der Waals surface area contributed by atoms with E-state index in [4.69, 9.17) is 4.74 Å². The van der Waals surface area contributed by atoms with Gasteiger partial charge in [0.25, 0.3) is 0 Å². The van der Waals surface area contributed by atoms with Crippen molar-refractivity contribution in [2.24, 2.45) is 0 Å². The second-order valence-electron chi connectivity index (χ2n) is 2.85. The summed E-state index contributed by atoms with van der Waals surface area (Å²) in [5.74, 6) is 1.01. The first-order chi connectivity index (χ1) is 5.77. The molecule has 0 aliphatic carbocycles. The molecule has 0 spiro atoms. The Bertz CT molecular complexity index is 342. The average molecular weight is 225 g/mol. The van der Waals surface area contributed by atoms with Gasteiger partial charge in [-0.15, -0.1) is 0 Å². The third-order valence-electron chi connectivity index (χ3n) is 1.89. The maximum atomic E-state index is 5.50. The van der Waals surface area contributed by atoms with E-state index < -0.39 is 0 Å². The molecule has 0 bridgehead atoms. The summed E-state index contributed by atoms with van der Waals surface area (Å²) in [4.78, 5) is 0. The summed E-state index contributed by atoms with van der Waals surface area (Å²) in [5, 5.41) is 0. The van der Waals surface area contributed by atoms with Crippen LogP contribution in [0.15, 0.2) is 22.7 Å². The fourth-order valence-corrected chi connectivity index (χ4v) is 1.97. The lowest BCUT2D eigenvalue weighted by molar-refractivity contribution is 0.356. The zero-order valence-corrected chi connectivity index (χ0v) is 8.39. The van der Waals surface area contributed by atoms with E-state index in [-0.39, 0.29) is 0 Å². The lowest BCUT2D eigenvalue weighted by Gasteiger charge is -2.14. The number of aryl methyl sites for hydroxylation is 1. The van der Waals surface area contributed by atoms with Crippen molar-refractivity contribution in [2.75, 3.05) is 6.61 Å². The van der Waals surface area contributed by atoms with Gasteiger partial charge in [-0.3, -0.25) is 0 Å². The van der Waals surface area contributed by atoms with Crippen LogP contribution in [0.25, 0.3) is 6.08 Å². The fraction of sp³-hybridized carbons (Fsp3) is 0.200. The summed E-state index contributed by atoms with van der Waals surface area (Å²) < 4.78 is 6.61. The molecule has 0 radical (unpaired) electrons. The smallest absolute Gasteiger partial charge is 0.129 e. The molecule has 1 aromatic carbocycles. The van der Waals surface area contributed by atoms with E-state index in [2.05, 4.69) is 41.1 Å². The van der Waals surface area contributed by atoms with Crippen molar-refractivity contribution >= 4 is 22.0 Å². The minimum absolute atomic E-state index is 0.690. The van der Waals surface area contributed by atoms with Crippen LogP contribution < -0.4 is 4.74 Å². The topological polar surface area (TPSA) is 9.23 Å². The second kappa shape index (κ2) is 2.94. The van der Waals surface area contributed by atoms with E-state index in [0.29, 0.717) is 6.61 Å². The highest BCUT2D eigenvalue weighted by Crippen LogP contribution is 2.30. The summed E-state index contributed by atoms with van der Waals surface area (Å²) >= 11 is 3.45. The lowest BCUT2D eigenvalue weighted by Crippen LogP contribution is -2.01. The van der Waals surface area contributed by atoms with Gasteiger partial charge in [-0.1, -0.05) is 22.0 Å². The van der Waals surface area contributed by atoms with E-state index in [1.165, 1.54) is 5.56 Å². The Morgan fingerprint density at radius 1 is 1.42 bits per heavy atom. The van der Waals surface area contributed by atoms with Crippen molar-refractivity contribution in [3.05, 3.63) is 33.8 Å². The van der Waals surface area contributed by atoms with Crippen LogP contribution in [0.2, 0.25) is 0 Å². The first-order valence-corrected chi connectivity index (χ1v) is 4.66. The first-order valence-electron chi connectivity index (χ1n) is 3.87. The van der Waals surface area contributed by atoms with Crippen molar-refractivity contribution in [2.45, 2.75) is 6.92 Å². The van der Waals surface area contributed by atoms with Gasteiger partial charge in [0.1, 0.15) is 12.4 Å². The van der Waals surface area contributed by atoms with Crippen molar-refractivity contribution in [3.63, 3.8) is 0 Å². The van der Waals surface area contributed by atoms with Crippen LogP contribution in [0, 0.1) is 6.92 Å². The van der Waals surface area contributed by atoms with E-state index >= 15 is 0 Å². The quantitative estimate of drug-likeness (QED) is 0.658. The summed E-state index contributed by atoms with van der Waals surface area (Å²) in [7, 11) is 0. The molecule has 0 fully saturated rings. The first kappa shape index (κ1) is 7.87. The van der Waals surface area contributed by atoms with Crippen LogP contribution in [0.5, 0.6) is 5.75 Å². The monoisotopic (exact) mass is 224 g/mol. The molecule has 12 heavy (non-hydrogen) atoms. The summed E-state index contributed by atoms with van der Waals surface area (Å²) in [5.41, 5.74) is 2.34. The second-order valence-corrected chi connectivity index (χ2v) is 3.77. The largest absolute Gasteiger partial charge is 0.489 e. The van der Waals surface area contributed by atoms with E-state index in [1.54, 1.807) is 0 Å². The Kier molecular flexibility index (Phi) is 1.93. The maximum absolute atomic E-state index is 5.50. The SMILES string of the molecule is Cc1cc(Br)cc2c1OCC=C2. The molecule has 0 atom stereocenters. The number of halogens is 1. The Balaban J connectivity index is 2.62. The third kappa shape index (κ3) is 1.27. The van der Waals surface area contributed by atoms with Gasteiger partial charge in [0.15, 0.2) is 0 Å². The highest BCUT2D eigenvalue weighted by molar-refractivity contribution is 9.10. The number of hydrogen-bond donors (Lipinski definition) is 0. The van der Waals surface area contributed by atoms with Gasteiger partial charge >= 0.3 is 0 Å². The van der Waals surface area contributed by atoms with Crippen LogP contribution in [0.3, 0.4) is 0 Å². The van der Waals surface area contributed by atoms with Gasteiger partial charge in [0.2, 0.25) is 0 Å². The maximum Gasteiger partial charge on any atom is 0.129 e. The number of fused-ring (bicyclic) bond motifs is 1. The van der Waals surface area contributed by atoms with E-state index in [9.17, 15) is 0 Å². The zero-order valence-electron chi connectivity index (χ0n) is 6.80. The molecule has 1 nitrogen and oxygen atoms in total. The van der Waals surface area contributed by atoms with E-state index in [1.807, 2.05) is 6.08 Å². The molecule has 0 N–H and O–H groups in total. The Morgan fingerprint density at radius 3 is 3.08 bits per heavy atom. The van der Waals surface area contributed by atoms with Gasteiger partial charge in [0.05, 0.1) is 0 Å². The molecule has 2 rings (SSSR count). The molecule has 0 saturated heterocycles. The van der Waals surface area contributed by atoms with E-state index in [0.717, 1.165) is 15.8 Å². The van der Waals surface area contributed by atoms with Gasteiger partial charge < -0.3 is 4.74 Å². The van der Waals surface area contributed by atoms with Crippen LogP contribution >= 0.6 is 15.9 Å². The van der Waals surface area contributed by atoms with Gasteiger partial charge in [-0.05, 0) is 30.7 Å². The Hall–Kier alpha value is -0.760. The minimum atomic E-state index is 0.690. The van der Waals surface area contributed by atoms with Crippen LogP contribution in [0.1, 0.15) is 11.1 Å². The van der Waals surface area contributed by atoms with Crippen molar-refractivity contribution in [1.29, 1.82) is 0 Å². The molecule has 62 valence electrons. The summed E-state index contributed by atoms with van der Waals surface area (Å²) in [6.45, 7) is 2.75. The Labute approximate surface area is 80.2 Å². The standard InChI is InChI=1S/C10H9BrO/c1-7-5-9(11)6-8-3-2-4-12-10(7)8/h2-3,5-6H,4H2,1H3. The van der Waals surface area contributed by atoms with Gasteiger partial charge in [-0.25, -0.2) is 0 Å². The average Bonchev–Trinajstić information content (AvgIpc) is 2.04. The van der Waals surface area contributed by atoms with Crippen LogP contribution in [-0.4, -0.2) is 6.61 Å². The molecule has 1 aromatic rings. The van der Waals surface area contributed by atoms with Crippen molar-refractivity contribution < 1.29 is 4.74 Å². The molecule has 0 saturated carbocycles. The van der Waals surface area contributed by atoms with Gasteiger partial charge in [-0.2, -0.15) is 0 Å². The summed E-state index contributed by atoms with van der Waals surface area (Å²) in [6.07, 6.45) is 4.12. The predicted molar refractivity (Wildman–Crippen MR) is 53.4 cm³/mol. The molecule has 0 amide bonds. The zero-order chi connectivity index (χ0) is 8.55. The van der Waals surface area contributed by atoms with Crippen LogP contribution in [0.4, 0.5) is 0 Å². The fourth-order valence-electron chi connectivity index (χ4n) is 1.38. The molecule has 1 aliphatic heterocycles. The molecule has 2 heteroatoms. The van der Waals surface area contributed by atoms with Gasteiger partial charge in [0, 0.05) is 10.0 Å². The molecule has 0 unspecified atom stereocenters. The summed E-state index contributed by atoms with van der Waals surface area (Å²) in [6, 6.07) is 4.13. The lowest BCUT2D eigenvalue weighted by atomic mass is 10.1. The molecule has 1 aliphatic rings. The molecular formula is C10H9BrO.